The largest absolute Gasteiger partial charge is 0.402 e. The lowest BCUT2D eigenvalue weighted by molar-refractivity contribution is -0.121. The molecule has 0 aromatic carbocycles. The summed E-state index contributed by atoms with van der Waals surface area (Å²) in [4.78, 5) is 0. The Labute approximate surface area is 104 Å². The standard InChI is InChI=1S/C7H14F3N3O2S.ClH/c8-7(9,10)5-12-16(14,15)13-6-2-1-3-11-4-6;/h6,11-13H,1-5H2;1H/t6-;/m0./s1. The number of alkyl halides is 3. The first-order chi connectivity index (χ1) is 7.29. The van der Waals surface area contributed by atoms with Crippen molar-refractivity contribution in [1.82, 2.24) is 14.8 Å². The van der Waals surface area contributed by atoms with E-state index in [9.17, 15) is 21.6 Å². The van der Waals surface area contributed by atoms with Gasteiger partial charge in [-0.2, -0.15) is 31.0 Å². The zero-order valence-electron chi connectivity index (χ0n) is 8.88. The number of piperidine rings is 1. The van der Waals surface area contributed by atoms with Crippen LogP contribution in [0.3, 0.4) is 0 Å². The molecule has 17 heavy (non-hydrogen) atoms. The molecule has 0 aliphatic carbocycles. The van der Waals surface area contributed by atoms with E-state index < -0.39 is 22.9 Å². The van der Waals surface area contributed by atoms with E-state index in [1.165, 1.54) is 4.72 Å². The molecule has 1 saturated heterocycles. The van der Waals surface area contributed by atoms with Crippen LogP contribution in [0, 0.1) is 0 Å². The second-order valence-corrected chi connectivity index (χ2v) is 5.13. The predicted octanol–water partition coefficient (Wildman–Crippen LogP) is 0.146. The fraction of sp³-hybridized carbons (Fsp3) is 1.00. The molecular weight excluding hydrogens is 283 g/mol. The SMILES string of the molecule is Cl.O=S(=O)(NCC(F)(F)F)N[C@H]1CCCNC1. The molecule has 0 aromatic rings. The summed E-state index contributed by atoms with van der Waals surface area (Å²) in [6.45, 7) is -0.316. The maximum atomic E-state index is 11.8. The Morgan fingerprint density at radius 1 is 1.35 bits per heavy atom. The summed E-state index contributed by atoms with van der Waals surface area (Å²) >= 11 is 0. The number of hydrogen-bond donors (Lipinski definition) is 3. The first kappa shape index (κ1) is 16.9. The van der Waals surface area contributed by atoms with Crippen LogP contribution in [0.4, 0.5) is 13.2 Å². The van der Waals surface area contributed by atoms with Crippen LogP contribution in [0.1, 0.15) is 12.8 Å². The van der Waals surface area contributed by atoms with Crippen molar-refractivity contribution in [3.63, 3.8) is 0 Å². The topological polar surface area (TPSA) is 70.2 Å². The third-order valence-corrected chi connectivity index (χ3v) is 3.25. The van der Waals surface area contributed by atoms with E-state index in [0.29, 0.717) is 13.0 Å². The van der Waals surface area contributed by atoms with Crippen LogP contribution in [-0.2, 0) is 10.2 Å². The van der Waals surface area contributed by atoms with E-state index in [2.05, 4.69) is 10.0 Å². The molecule has 1 heterocycles. The second kappa shape index (κ2) is 6.74. The molecule has 0 saturated carbocycles. The summed E-state index contributed by atoms with van der Waals surface area (Å²) in [5.41, 5.74) is 0. The van der Waals surface area contributed by atoms with Crippen molar-refractivity contribution in [2.45, 2.75) is 25.1 Å². The highest BCUT2D eigenvalue weighted by molar-refractivity contribution is 7.87. The van der Waals surface area contributed by atoms with Gasteiger partial charge in [0, 0.05) is 12.6 Å². The van der Waals surface area contributed by atoms with Gasteiger partial charge in [-0.05, 0) is 19.4 Å². The third kappa shape index (κ3) is 7.77. The van der Waals surface area contributed by atoms with Crippen LogP contribution in [0.2, 0.25) is 0 Å². The average Bonchev–Trinajstić information content (AvgIpc) is 2.15. The van der Waals surface area contributed by atoms with Gasteiger partial charge in [0.25, 0.3) is 10.2 Å². The van der Waals surface area contributed by atoms with Crippen LogP contribution in [0.25, 0.3) is 0 Å². The van der Waals surface area contributed by atoms with Crippen molar-refractivity contribution < 1.29 is 21.6 Å². The number of rotatable bonds is 4. The van der Waals surface area contributed by atoms with Crippen LogP contribution in [0.5, 0.6) is 0 Å². The summed E-state index contributed by atoms with van der Waals surface area (Å²) in [5, 5.41) is 2.95. The first-order valence-electron chi connectivity index (χ1n) is 4.83. The molecule has 0 aromatic heterocycles. The van der Waals surface area contributed by atoms with E-state index in [-0.39, 0.29) is 18.4 Å². The Morgan fingerprint density at radius 3 is 2.47 bits per heavy atom. The smallest absolute Gasteiger partial charge is 0.315 e. The van der Waals surface area contributed by atoms with Gasteiger partial charge in [-0.1, -0.05) is 0 Å². The van der Waals surface area contributed by atoms with Gasteiger partial charge in [0.15, 0.2) is 0 Å². The zero-order chi connectivity index (χ0) is 12.2. The van der Waals surface area contributed by atoms with Gasteiger partial charge in [0.05, 0.1) is 0 Å². The molecule has 0 amide bonds. The van der Waals surface area contributed by atoms with Crippen molar-refractivity contribution in [2.75, 3.05) is 19.6 Å². The molecule has 1 aliphatic heterocycles. The minimum absolute atomic E-state index is 0. The highest BCUT2D eigenvalue weighted by Crippen LogP contribution is 2.12. The minimum atomic E-state index is -4.54. The van der Waals surface area contributed by atoms with Gasteiger partial charge in [0.1, 0.15) is 6.54 Å². The van der Waals surface area contributed by atoms with E-state index in [0.717, 1.165) is 13.0 Å². The van der Waals surface area contributed by atoms with Crippen LogP contribution in [0.15, 0.2) is 0 Å². The highest BCUT2D eigenvalue weighted by Gasteiger charge is 2.30. The highest BCUT2D eigenvalue weighted by atomic mass is 35.5. The molecule has 3 N–H and O–H groups in total. The van der Waals surface area contributed by atoms with E-state index >= 15 is 0 Å². The molecule has 1 rings (SSSR count). The average molecular weight is 298 g/mol. The molecule has 10 heteroatoms. The molecule has 5 nitrogen and oxygen atoms in total. The lowest BCUT2D eigenvalue weighted by Crippen LogP contribution is -2.50. The monoisotopic (exact) mass is 297 g/mol. The molecule has 1 atom stereocenters. The molecule has 1 fully saturated rings. The van der Waals surface area contributed by atoms with Crippen molar-refractivity contribution in [2.24, 2.45) is 0 Å². The Hall–Kier alpha value is -0.0900. The maximum absolute atomic E-state index is 11.8. The number of hydrogen-bond acceptors (Lipinski definition) is 3. The fourth-order valence-corrected chi connectivity index (χ4v) is 2.47. The summed E-state index contributed by atoms with van der Waals surface area (Å²) in [5.74, 6) is 0. The van der Waals surface area contributed by atoms with Crippen LogP contribution < -0.4 is 14.8 Å². The van der Waals surface area contributed by atoms with Gasteiger partial charge in [-0.25, -0.2) is 0 Å². The van der Waals surface area contributed by atoms with Crippen LogP contribution in [-0.4, -0.2) is 40.3 Å². The lowest BCUT2D eigenvalue weighted by atomic mass is 10.1. The van der Waals surface area contributed by atoms with Crippen molar-refractivity contribution in [3.8, 4) is 0 Å². The fourth-order valence-electron chi connectivity index (χ4n) is 1.39. The summed E-state index contributed by atoms with van der Waals surface area (Å²) in [7, 11) is -4.07. The Morgan fingerprint density at radius 2 is 2.00 bits per heavy atom. The Balaban J connectivity index is 0.00000256. The van der Waals surface area contributed by atoms with Gasteiger partial charge in [-0.3, -0.25) is 0 Å². The van der Waals surface area contributed by atoms with E-state index in [1.54, 1.807) is 0 Å². The van der Waals surface area contributed by atoms with Crippen molar-refractivity contribution in [3.05, 3.63) is 0 Å². The van der Waals surface area contributed by atoms with Crippen LogP contribution >= 0.6 is 12.4 Å². The predicted molar refractivity (Wildman–Crippen MR) is 59.3 cm³/mol. The maximum Gasteiger partial charge on any atom is 0.402 e. The molecule has 0 bridgehead atoms. The molecule has 104 valence electrons. The molecule has 0 spiro atoms. The van der Waals surface area contributed by atoms with Gasteiger partial charge >= 0.3 is 6.18 Å². The lowest BCUT2D eigenvalue weighted by Gasteiger charge is -2.23. The number of halogens is 4. The summed E-state index contributed by atoms with van der Waals surface area (Å²) in [6.07, 6.45) is -3.12. The molecule has 0 unspecified atom stereocenters. The first-order valence-corrected chi connectivity index (χ1v) is 6.31. The normalized spacial score (nSPS) is 21.9. The molecular formula is C7H15ClF3N3O2S. The number of nitrogens with one attached hydrogen (secondary N) is 3. The van der Waals surface area contributed by atoms with Gasteiger partial charge in [-0.15, -0.1) is 12.4 Å². The van der Waals surface area contributed by atoms with Crippen molar-refractivity contribution in [1.29, 1.82) is 0 Å². The molecule has 0 radical (unpaired) electrons. The zero-order valence-corrected chi connectivity index (χ0v) is 10.5. The Bertz CT molecular complexity index is 317. The van der Waals surface area contributed by atoms with E-state index in [1.807, 2.05) is 0 Å². The van der Waals surface area contributed by atoms with Crippen molar-refractivity contribution >= 4 is 22.6 Å². The summed E-state index contributed by atoms with van der Waals surface area (Å²) in [6, 6.07) is -0.348. The summed E-state index contributed by atoms with van der Waals surface area (Å²) < 4.78 is 61.4. The third-order valence-electron chi connectivity index (χ3n) is 2.08. The Kier molecular flexibility index (Phi) is 6.70. The molecule has 1 aliphatic rings. The van der Waals surface area contributed by atoms with Gasteiger partial charge in [0.2, 0.25) is 0 Å². The van der Waals surface area contributed by atoms with E-state index in [4.69, 9.17) is 0 Å². The van der Waals surface area contributed by atoms with Gasteiger partial charge < -0.3 is 5.32 Å². The minimum Gasteiger partial charge on any atom is -0.315 e. The second-order valence-electron chi connectivity index (χ2n) is 3.60. The quantitative estimate of drug-likeness (QED) is 0.692.